The average Bonchev–Trinajstić information content (AvgIpc) is 3.04. The van der Waals surface area contributed by atoms with E-state index in [0.29, 0.717) is 25.9 Å². The van der Waals surface area contributed by atoms with Crippen LogP contribution in [0.4, 0.5) is 8.78 Å². The number of carbonyl (C=O) groups is 2. The van der Waals surface area contributed by atoms with Gasteiger partial charge in [0.25, 0.3) is 5.91 Å². The first-order chi connectivity index (χ1) is 16.1. The predicted octanol–water partition coefficient (Wildman–Crippen LogP) is 1.98. The number of hydrogen-bond acceptors (Lipinski definition) is 5. The van der Waals surface area contributed by atoms with Crippen LogP contribution in [0, 0.1) is 0 Å². The fourth-order valence-electron chi connectivity index (χ4n) is 3.90. The van der Waals surface area contributed by atoms with Gasteiger partial charge in [-0.1, -0.05) is 43.5 Å². The zero-order valence-corrected chi connectivity index (χ0v) is 19.3. The number of nitrogens with two attached hydrogens (primary N) is 2. The van der Waals surface area contributed by atoms with Crippen molar-refractivity contribution in [2.45, 2.75) is 43.9 Å². The van der Waals surface area contributed by atoms with Gasteiger partial charge in [0.2, 0.25) is 5.91 Å². The SMILES string of the molecule is C=C(F)/C=C(/CC(N)CC(=O)N1CCCN(C(=O)C(O)C(N)Cc2ccccc2)CC1)C(=C)F. The summed E-state index contributed by atoms with van der Waals surface area (Å²) < 4.78 is 26.5. The quantitative estimate of drug-likeness (QED) is 0.447. The first-order valence-electron chi connectivity index (χ1n) is 11.3. The molecule has 1 aliphatic rings. The highest BCUT2D eigenvalue weighted by atomic mass is 19.1. The van der Waals surface area contributed by atoms with Gasteiger partial charge in [-0.2, -0.15) is 0 Å². The second-order valence-electron chi connectivity index (χ2n) is 8.55. The number of nitrogens with zero attached hydrogens (tertiary/aromatic N) is 2. The van der Waals surface area contributed by atoms with E-state index in [1.807, 2.05) is 30.3 Å². The molecule has 34 heavy (non-hydrogen) atoms. The Balaban J connectivity index is 1.88. The maximum Gasteiger partial charge on any atom is 0.253 e. The molecule has 9 heteroatoms. The number of aliphatic hydroxyl groups is 1. The molecule has 0 aromatic heterocycles. The molecule has 1 heterocycles. The molecule has 0 aliphatic carbocycles. The zero-order valence-electron chi connectivity index (χ0n) is 19.3. The Morgan fingerprint density at radius 1 is 1.03 bits per heavy atom. The van der Waals surface area contributed by atoms with Gasteiger partial charge in [-0.25, -0.2) is 8.78 Å². The van der Waals surface area contributed by atoms with Crippen LogP contribution in [0.5, 0.6) is 0 Å². The van der Waals surface area contributed by atoms with Crippen LogP contribution in [0.2, 0.25) is 0 Å². The lowest BCUT2D eigenvalue weighted by Crippen LogP contribution is -2.50. The van der Waals surface area contributed by atoms with Gasteiger partial charge in [0.05, 0.1) is 0 Å². The molecular formula is C25H34F2N4O3. The van der Waals surface area contributed by atoms with E-state index in [4.69, 9.17) is 11.5 Å². The van der Waals surface area contributed by atoms with Crippen LogP contribution < -0.4 is 11.5 Å². The first-order valence-corrected chi connectivity index (χ1v) is 11.3. The molecule has 0 radical (unpaired) electrons. The highest BCUT2D eigenvalue weighted by molar-refractivity contribution is 5.82. The van der Waals surface area contributed by atoms with Crippen LogP contribution >= 0.6 is 0 Å². The van der Waals surface area contributed by atoms with Crippen molar-refractivity contribution in [3.05, 3.63) is 72.4 Å². The Labute approximate surface area is 199 Å². The number of amides is 2. The number of rotatable bonds is 10. The number of allylic oxidation sites excluding steroid dienone is 3. The number of carbonyl (C=O) groups excluding carboxylic acids is 2. The Morgan fingerprint density at radius 2 is 1.65 bits per heavy atom. The molecule has 5 N–H and O–H groups in total. The lowest BCUT2D eigenvalue weighted by Gasteiger charge is -2.27. The standard InChI is InChI=1S/C25H34F2N4O3/c1-17(26)13-20(18(2)27)15-21(28)16-23(32)30-9-6-10-31(12-11-30)25(34)24(33)22(29)14-19-7-4-3-5-8-19/h3-5,7-8,13,21-22,24,33H,1-2,6,9-12,14-16,28-29H2/b20-13-. The monoisotopic (exact) mass is 476 g/mol. The molecule has 1 fully saturated rings. The summed E-state index contributed by atoms with van der Waals surface area (Å²) in [6, 6.07) is 7.89. The fourth-order valence-corrected chi connectivity index (χ4v) is 3.90. The number of hydrogen-bond donors (Lipinski definition) is 3. The molecule has 0 saturated carbocycles. The van der Waals surface area contributed by atoms with Crippen LogP contribution in [0.1, 0.15) is 24.8 Å². The van der Waals surface area contributed by atoms with Crippen molar-refractivity contribution in [1.29, 1.82) is 0 Å². The predicted molar refractivity (Wildman–Crippen MR) is 128 cm³/mol. The van der Waals surface area contributed by atoms with E-state index >= 15 is 0 Å². The number of aliphatic hydroxyl groups excluding tert-OH is 1. The van der Waals surface area contributed by atoms with E-state index < -0.39 is 35.7 Å². The van der Waals surface area contributed by atoms with E-state index in [1.165, 1.54) is 4.90 Å². The Bertz CT molecular complexity index is 907. The molecule has 3 atom stereocenters. The van der Waals surface area contributed by atoms with Crippen molar-refractivity contribution in [2.75, 3.05) is 26.2 Å². The lowest BCUT2D eigenvalue weighted by atomic mass is 10.0. The normalized spacial score (nSPS) is 17.5. The second kappa shape index (κ2) is 13.1. The van der Waals surface area contributed by atoms with E-state index in [9.17, 15) is 23.5 Å². The Morgan fingerprint density at radius 3 is 2.26 bits per heavy atom. The summed E-state index contributed by atoms with van der Waals surface area (Å²) in [6.45, 7) is 7.56. The first kappa shape index (κ1) is 27.4. The fraction of sp³-hybridized carbons (Fsp3) is 0.440. The van der Waals surface area contributed by atoms with Gasteiger partial charge in [0.15, 0.2) is 0 Å². The molecule has 0 bridgehead atoms. The third-order valence-electron chi connectivity index (χ3n) is 5.73. The minimum atomic E-state index is -1.35. The van der Waals surface area contributed by atoms with Gasteiger partial charge in [-0.05, 0) is 36.5 Å². The van der Waals surface area contributed by atoms with E-state index in [-0.39, 0.29) is 37.4 Å². The summed E-state index contributed by atoms with van der Waals surface area (Å²) in [5.41, 5.74) is 12.9. The molecule has 186 valence electrons. The smallest absolute Gasteiger partial charge is 0.253 e. The number of halogens is 2. The topological polar surface area (TPSA) is 113 Å². The zero-order chi connectivity index (χ0) is 25.3. The molecule has 1 aromatic carbocycles. The molecule has 2 rings (SSSR count). The molecule has 3 unspecified atom stereocenters. The largest absolute Gasteiger partial charge is 0.382 e. The number of benzene rings is 1. The third kappa shape index (κ3) is 8.48. The molecule has 1 saturated heterocycles. The van der Waals surface area contributed by atoms with Crippen LogP contribution in [0.15, 0.2) is 66.8 Å². The van der Waals surface area contributed by atoms with Gasteiger partial charge < -0.3 is 26.4 Å². The van der Waals surface area contributed by atoms with Crippen LogP contribution in [0.25, 0.3) is 0 Å². The van der Waals surface area contributed by atoms with Crippen LogP contribution in [-0.4, -0.2) is 71.1 Å². The molecule has 0 spiro atoms. The summed E-state index contributed by atoms with van der Waals surface area (Å²) in [5.74, 6) is -2.35. The van der Waals surface area contributed by atoms with Crippen LogP contribution in [-0.2, 0) is 16.0 Å². The van der Waals surface area contributed by atoms with Crippen molar-refractivity contribution < 1.29 is 23.5 Å². The third-order valence-corrected chi connectivity index (χ3v) is 5.73. The van der Waals surface area contributed by atoms with Crippen molar-refractivity contribution in [3.63, 3.8) is 0 Å². The van der Waals surface area contributed by atoms with Gasteiger partial charge in [-0.3, -0.25) is 9.59 Å². The van der Waals surface area contributed by atoms with Gasteiger partial charge in [0.1, 0.15) is 17.8 Å². The summed E-state index contributed by atoms with van der Waals surface area (Å²) in [4.78, 5) is 28.6. The summed E-state index contributed by atoms with van der Waals surface area (Å²) in [6.07, 6.45) is 0.328. The van der Waals surface area contributed by atoms with E-state index in [1.54, 1.807) is 4.90 Å². The van der Waals surface area contributed by atoms with E-state index in [0.717, 1.165) is 11.6 Å². The molecule has 7 nitrogen and oxygen atoms in total. The Hall–Kier alpha value is -2.88. The van der Waals surface area contributed by atoms with Gasteiger partial charge in [-0.15, -0.1) is 0 Å². The minimum Gasteiger partial charge on any atom is -0.382 e. The van der Waals surface area contributed by atoms with Crippen LogP contribution in [0.3, 0.4) is 0 Å². The van der Waals surface area contributed by atoms with E-state index in [2.05, 4.69) is 13.2 Å². The molecule has 1 aliphatic heterocycles. The molecule has 1 aromatic rings. The minimum absolute atomic E-state index is 0.0405. The summed E-state index contributed by atoms with van der Waals surface area (Å²) in [7, 11) is 0. The highest BCUT2D eigenvalue weighted by Crippen LogP contribution is 2.19. The van der Waals surface area contributed by atoms with Gasteiger partial charge in [0, 0.05) is 44.7 Å². The van der Waals surface area contributed by atoms with Crippen molar-refractivity contribution in [3.8, 4) is 0 Å². The van der Waals surface area contributed by atoms with Crippen molar-refractivity contribution >= 4 is 11.8 Å². The Kier molecular flexibility index (Phi) is 10.6. The maximum absolute atomic E-state index is 13.5. The lowest BCUT2D eigenvalue weighted by molar-refractivity contribution is -0.141. The van der Waals surface area contributed by atoms with Crippen molar-refractivity contribution in [2.24, 2.45) is 11.5 Å². The highest BCUT2D eigenvalue weighted by Gasteiger charge is 2.30. The second-order valence-corrected chi connectivity index (χ2v) is 8.55. The van der Waals surface area contributed by atoms with Crippen molar-refractivity contribution in [1.82, 2.24) is 9.80 Å². The summed E-state index contributed by atoms with van der Waals surface area (Å²) >= 11 is 0. The average molecular weight is 477 g/mol. The maximum atomic E-state index is 13.5. The molecular weight excluding hydrogens is 442 g/mol. The van der Waals surface area contributed by atoms with Gasteiger partial charge >= 0.3 is 0 Å². The summed E-state index contributed by atoms with van der Waals surface area (Å²) in [5, 5.41) is 10.5. The molecule has 2 amide bonds.